The van der Waals surface area contributed by atoms with Gasteiger partial charge in [-0.15, -0.1) is 0 Å². The number of ether oxygens (including phenoxy) is 1. The van der Waals surface area contributed by atoms with Gasteiger partial charge in [-0.2, -0.15) is 0 Å². The number of halogens is 1. The molecule has 1 amide bonds. The molecule has 1 heterocycles. The maximum atomic E-state index is 12.2. The Kier molecular flexibility index (Phi) is 5.95. The highest BCUT2D eigenvalue weighted by molar-refractivity contribution is 9.10. The summed E-state index contributed by atoms with van der Waals surface area (Å²) >= 11 is 3.33. The van der Waals surface area contributed by atoms with Crippen molar-refractivity contribution in [3.05, 3.63) is 64.4 Å². The molecule has 0 saturated heterocycles. The van der Waals surface area contributed by atoms with Crippen molar-refractivity contribution < 1.29 is 9.53 Å². The highest BCUT2D eigenvalue weighted by atomic mass is 79.9. The van der Waals surface area contributed by atoms with Crippen LogP contribution in [0.1, 0.15) is 15.9 Å². The Morgan fingerprint density at radius 1 is 1.11 bits per heavy atom. The molecule has 0 aliphatic carbocycles. The molecule has 0 spiro atoms. The fraction of sp³-hybridized carbons (Fsp3) is 0.105. The van der Waals surface area contributed by atoms with Gasteiger partial charge in [0.25, 0.3) is 5.91 Å². The van der Waals surface area contributed by atoms with E-state index in [0.717, 1.165) is 15.7 Å². The fourth-order valence-electron chi connectivity index (χ4n) is 2.43. The smallest absolute Gasteiger partial charge is 0.269 e. The van der Waals surface area contributed by atoms with E-state index in [1.807, 2.05) is 25.1 Å². The number of hydrogen-bond acceptors (Lipinski definition) is 7. The number of methoxy groups -OCH3 is 1. The van der Waals surface area contributed by atoms with Crippen LogP contribution in [0.2, 0.25) is 0 Å². The zero-order valence-electron chi connectivity index (χ0n) is 15.3. The van der Waals surface area contributed by atoms with Gasteiger partial charge < -0.3 is 15.8 Å². The number of hydrogen-bond donors (Lipinski definition) is 4. The lowest BCUT2D eigenvalue weighted by atomic mass is 10.2. The summed E-state index contributed by atoms with van der Waals surface area (Å²) in [6.07, 6.45) is 1.34. The maximum Gasteiger partial charge on any atom is 0.269 e. The molecule has 144 valence electrons. The minimum atomic E-state index is -0.319. The van der Waals surface area contributed by atoms with Crippen molar-refractivity contribution in [2.24, 2.45) is 0 Å². The normalized spacial score (nSPS) is 10.2. The third-order valence-corrected chi connectivity index (χ3v) is 4.42. The summed E-state index contributed by atoms with van der Waals surface area (Å²) in [5, 5.41) is 3.14. The molecule has 0 saturated carbocycles. The first kappa shape index (κ1) is 19.4. The summed E-state index contributed by atoms with van der Waals surface area (Å²) in [5.41, 5.74) is 14.0. The summed E-state index contributed by atoms with van der Waals surface area (Å²) < 4.78 is 6.24. The maximum absolute atomic E-state index is 12.2. The number of benzene rings is 2. The molecular weight excluding hydrogens is 424 g/mol. The molecule has 8 nitrogen and oxygen atoms in total. The molecular formula is C19H19BrN6O2. The summed E-state index contributed by atoms with van der Waals surface area (Å²) in [6.45, 7) is 1.97. The van der Waals surface area contributed by atoms with E-state index < -0.39 is 0 Å². The lowest BCUT2D eigenvalue weighted by molar-refractivity contribution is 0.0962. The second-order valence-electron chi connectivity index (χ2n) is 5.90. The van der Waals surface area contributed by atoms with Crippen LogP contribution >= 0.6 is 15.9 Å². The second kappa shape index (κ2) is 8.57. The zero-order valence-corrected chi connectivity index (χ0v) is 16.9. The van der Waals surface area contributed by atoms with E-state index in [1.165, 1.54) is 6.33 Å². The molecule has 0 aliphatic rings. The van der Waals surface area contributed by atoms with E-state index in [4.69, 9.17) is 10.5 Å². The van der Waals surface area contributed by atoms with Crippen molar-refractivity contribution in [3.8, 4) is 5.75 Å². The average molecular weight is 443 g/mol. The Labute approximate surface area is 170 Å². The van der Waals surface area contributed by atoms with E-state index in [2.05, 4.69) is 42.1 Å². The number of rotatable bonds is 6. The van der Waals surface area contributed by atoms with Crippen LogP contribution in [0.5, 0.6) is 5.75 Å². The molecule has 2 aromatic carbocycles. The summed E-state index contributed by atoms with van der Waals surface area (Å²) in [7, 11) is 1.59. The number of aromatic nitrogens is 2. The standard InChI is InChI=1S/C19H19BrN6O2/c1-11-3-8-15(28-2)14(9-11)24-17-16(21)18(23-10-22-17)25-26-19(27)12-4-6-13(20)7-5-12/h3-10H,21H2,1-2H3,(H,26,27)(H2,22,23,24,25). The first-order chi connectivity index (χ1) is 13.5. The predicted octanol–water partition coefficient (Wildman–Crippen LogP) is 3.64. The number of aryl methyl sites for hydroxylation is 1. The number of amides is 1. The molecule has 1 aromatic heterocycles. The van der Waals surface area contributed by atoms with E-state index in [0.29, 0.717) is 17.1 Å². The van der Waals surface area contributed by atoms with Gasteiger partial charge in [-0.25, -0.2) is 9.97 Å². The number of hydrazine groups is 1. The predicted molar refractivity (Wildman–Crippen MR) is 113 cm³/mol. The number of carbonyl (C=O) groups is 1. The second-order valence-corrected chi connectivity index (χ2v) is 6.81. The van der Waals surface area contributed by atoms with Crippen LogP contribution < -0.4 is 26.6 Å². The van der Waals surface area contributed by atoms with E-state index >= 15 is 0 Å². The Morgan fingerprint density at radius 3 is 2.54 bits per heavy atom. The third kappa shape index (κ3) is 4.49. The summed E-state index contributed by atoms with van der Waals surface area (Å²) in [6, 6.07) is 12.7. The van der Waals surface area contributed by atoms with Gasteiger partial charge in [0.1, 0.15) is 17.8 Å². The molecule has 3 aromatic rings. The Balaban J connectivity index is 1.75. The van der Waals surface area contributed by atoms with Gasteiger partial charge >= 0.3 is 0 Å². The molecule has 0 unspecified atom stereocenters. The van der Waals surface area contributed by atoms with Crippen molar-refractivity contribution in [3.63, 3.8) is 0 Å². The highest BCUT2D eigenvalue weighted by Gasteiger charge is 2.12. The topological polar surface area (TPSA) is 114 Å². The number of nitrogens with two attached hydrogens (primary N) is 1. The van der Waals surface area contributed by atoms with Gasteiger partial charge in [0.05, 0.1) is 12.8 Å². The molecule has 0 atom stereocenters. The first-order valence-corrected chi connectivity index (χ1v) is 9.11. The van der Waals surface area contributed by atoms with Crippen molar-refractivity contribution in [1.29, 1.82) is 0 Å². The van der Waals surface area contributed by atoms with Crippen LogP contribution in [0.15, 0.2) is 53.3 Å². The molecule has 5 N–H and O–H groups in total. The lowest BCUT2D eigenvalue weighted by Gasteiger charge is -2.15. The minimum Gasteiger partial charge on any atom is -0.495 e. The molecule has 0 aliphatic heterocycles. The van der Waals surface area contributed by atoms with Gasteiger partial charge in [-0.05, 0) is 48.9 Å². The lowest BCUT2D eigenvalue weighted by Crippen LogP contribution is -2.30. The number of nitrogen functional groups attached to an aromatic ring is 1. The summed E-state index contributed by atoms with van der Waals surface area (Å²) in [4.78, 5) is 20.5. The van der Waals surface area contributed by atoms with Crippen LogP contribution in [-0.2, 0) is 0 Å². The molecule has 0 radical (unpaired) electrons. The van der Waals surface area contributed by atoms with E-state index in [9.17, 15) is 4.79 Å². The van der Waals surface area contributed by atoms with Crippen molar-refractivity contribution in [2.45, 2.75) is 6.92 Å². The van der Waals surface area contributed by atoms with Crippen LogP contribution in [0.25, 0.3) is 0 Å². The number of nitrogens with zero attached hydrogens (tertiary/aromatic N) is 2. The number of nitrogens with one attached hydrogen (secondary N) is 3. The number of anilines is 4. The van der Waals surface area contributed by atoms with Crippen molar-refractivity contribution in [2.75, 3.05) is 23.6 Å². The van der Waals surface area contributed by atoms with Crippen LogP contribution in [0.4, 0.5) is 23.0 Å². The van der Waals surface area contributed by atoms with Gasteiger partial charge in [-0.1, -0.05) is 22.0 Å². The quantitative estimate of drug-likeness (QED) is 0.430. The Bertz CT molecular complexity index is 994. The summed E-state index contributed by atoms with van der Waals surface area (Å²) in [5.74, 6) is 0.996. The monoisotopic (exact) mass is 442 g/mol. The molecule has 0 bridgehead atoms. The SMILES string of the molecule is COc1ccc(C)cc1Nc1ncnc(NNC(=O)c2ccc(Br)cc2)c1N. The van der Waals surface area contributed by atoms with Crippen molar-refractivity contribution >= 4 is 44.8 Å². The largest absolute Gasteiger partial charge is 0.495 e. The molecule has 0 fully saturated rings. The van der Waals surface area contributed by atoms with E-state index in [-0.39, 0.29) is 17.4 Å². The minimum absolute atomic E-state index is 0.252. The van der Waals surface area contributed by atoms with E-state index in [1.54, 1.807) is 31.4 Å². The van der Waals surface area contributed by atoms with Crippen LogP contribution in [0.3, 0.4) is 0 Å². The first-order valence-electron chi connectivity index (χ1n) is 8.32. The van der Waals surface area contributed by atoms with Gasteiger partial charge in [-0.3, -0.25) is 15.6 Å². The number of carbonyl (C=O) groups excluding carboxylic acids is 1. The molecule has 9 heteroatoms. The molecule has 3 rings (SSSR count). The Hall–Kier alpha value is -3.33. The van der Waals surface area contributed by atoms with Gasteiger partial charge in [0.15, 0.2) is 11.6 Å². The molecule has 28 heavy (non-hydrogen) atoms. The van der Waals surface area contributed by atoms with Crippen LogP contribution in [0, 0.1) is 6.92 Å². The van der Waals surface area contributed by atoms with Gasteiger partial charge in [0, 0.05) is 10.0 Å². The van der Waals surface area contributed by atoms with Gasteiger partial charge in [0.2, 0.25) is 0 Å². The highest BCUT2D eigenvalue weighted by Crippen LogP contribution is 2.31. The van der Waals surface area contributed by atoms with Crippen molar-refractivity contribution in [1.82, 2.24) is 15.4 Å². The Morgan fingerprint density at radius 2 is 1.82 bits per heavy atom. The zero-order chi connectivity index (χ0) is 20.1. The average Bonchev–Trinajstić information content (AvgIpc) is 2.69. The van der Waals surface area contributed by atoms with Crippen LogP contribution in [-0.4, -0.2) is 23.0 Å². The fourth-order valence-corrected chi connectivity index (χ4v) is 2.70. The third-order valence-electron chi connectivity index (χ3n) is 3.89.